The molecule has 1 aromatic carbocycles. The van der Waals surface area contributed by atoms with Gasteiger partial charge in [0, 0.05) is 6.07 Å². The summed E-state index contributed by atoms with van der Waals surface area (Å²) in [5.41, 5.74) is 6.50. The van der Waals surface area contributed by atoms with Gasteiger partial charge in [0.2, 0.25) is 0 Å². The maximum absolute atomic E-state index is 11.2. The van der Waals surface area contributed by atoms with Gasteiger partial charge in [0.15, 0.2) is 0 Å². The lowest BCUT2D eigenvalue weighted by atomic mass is 9.94. The van der Waals surface area contributed by atoms with Crippen LogP contribution in [0, 0.1) is 0 Å². The zero-order valence-electron chi connectivity index (χ0n) is 10.9. The monoisotopic (exact) mass is 253 g/mol. The predicted molar refractivity (Wildman–Crippen MR) is 68.6 cm³/mol. The van der Waals surface area contributed by atoms with Crippen molar-refractivity contribution < 1.29 is 19.4 Å². The summed E-state index contributed by atoms with van der Waals surface area (Å²) >= 11 is 0. The molecular formula is C13H19NO4. The van der Waals surface area contributed by atoms with Gasteiger partial charge in [-0.1, -0.05) is 6.92 Å². The maximum Gasteiger partial charge on any atom is 0.339 e. The van der Waals surface area contributed by atoms with Crippen molar-refractivity contribution in [2.75, 3.05) is 20.8 Å². The van der Waals surface area contributed by atoms with E-state index in [-0.39, 0.29) is 11.5 Å². The van der Waals surface area contributed by atoms with Crippen LogP contribution in [-0.4, -0.2) is 31.8 Å². The summed E-state index contributed by atoms with van der Waals surface area (Å²) in [7, 11) is 2.98. The molecule has 1 aromatic rings. The summed E-state index contributed by atoms with van der Waals surface area (Å²) in [6.45, 7) is 2.53. The zero-order chi connectivity index (χ0) is 13.7. The van der Waals surface area contributed by atoms with E-state index in [0.29, 0.717) is 18.0 Å². The number of carboxylic acid groups (broad SMARTS) is 1. The van der Waals surface area contributed by atoms with Gasteiger partial charge in [0.05, 0.1) is 14.2 Å². The van der Waals surface area contributed by atoms with Crippen LogP contribution in [0.3, 0.4) is 0 Å². The standard InChI is InChI=1S/C13H19NO4/c1-8(4-5-14)9-6-10(13(15)16)12(18-3)7-11(9)17-2/h6-8H,4-5,14H2,1-3H3,(H,15,16). The largest absolute Gasteiger partial charge is 0.496 e. The summed E-state index contributed by atoms with van der Waals surface area (Å²) < 4.78 is 10.3. The third-order valence-corrected chi connectivity index (χ3v) is 2.91. The predicted octanol–water partition coefficient (Wildman–Crippen LogP) is 1.85. The molecule has 0 radical (unpaired) electrons. The van der Waals surface area contributed by atoms with Crippen LogP contribution in [0.5, 0.6) is 11.5 Å². The van der Waals surface area contributed by atoms with Gasteiger partial charge in [-0.25, -0.2) is 4.79 Å². The van der Waals surface area contributed by atoms with Crippen LogP contribution in [0.1, 0.15) is 35.2 Å². The first-order valence-electron chi connectivity index (χ1n) is 5.74. The van der Waals surface area contributed by atoms with E-state index >= 15 is 0 Å². The first-order chi connectivity index (χ1) is 8.54. The number of methoxy groups -OCH3 is 2. The van der Waals surface area contributed by atoms with Crippen molar-refractivity contribution in [1.29, 1.82) is 0 Å². The second kappa shape index (κ2) is 6.26. The number of rotatable bonds is 6. The molecule has 0 bridgehead atoms. The van der Waals surface area contributed by atoms with Gasteiger partial charge in [0.1, 0.15) is 17.1 Å². The Morgan fingerprint density at radius 2 is 1.94 bits per heavy atom. The van der Waals surface area contributed by atoms with Crippen LogP contribution in [0.15, 0.2) is 12.1 Å². The van der Waals surface area contributed by atoms with Crippen molar-refractivity contribution in [3.8, 4) is 11.5 Å². The topological polar surface area (TPSA) is 81.8 Å². The minimum atomic E-state index is -1.02. The lowest BCUT2D eigenvalue weighted by Crippen LogP contribution is -2.08. The van der Waals surface area contributed by atoms with Crippen molar-refractivity contribution in [3.05, 3.63) is 23.3 Å². The average molecular weight is 253 g/mol. The summed E-state index contributed by atoms with van der Waals surface area (Å²) in [4.78, 5) is 11.2. The van der Waals surface area contributed by atoms with Gasteiger partial charge in [0.25, 0.3) is 0 Å². The average Bonchev–Trinajstić information content (AvgIpc) is 2.37. The van der Waals surface area contributed by atoms with E-state index in [1.807, 2.05) is 6.92 Å². The second-order valence-electron chi connectivity index (χ2n) is 4.08. The molecule has 0 amide bonds. The van der Waals surface area contributed by atoms with Crippen LogP contribution < -0.4 is 15.2 Å². The van der Waals surface area contributed by atoms with Gasteiger partial charge in [-0.15, -0.1) is 0 Å². The van der Waals surface area contributed by atoms with Crippen molar-refractivity contribution in [3.63, 3.8) is 0 Å². The van der Waals surface area contributed by atoms with E-state index in [2.05, 4.69) is 0 Å². The van der Waals surface area contributed by atoms with E-state index < -0.39 is 5.97 Å². The highest BCUT2D eigenvalue weighted by molar-refractivity contribution is 5.91. The Hall–Kier alpha value is -1.75. The SMILES string of the molecule is COc1cc(OC)c(C(C)CCN)cc1C(=O)O. The molecule has 0 aliphatic heterocycles. The lowest BCUT2D eigenvalue weighted by Gasteiger charge is -2.17. The number of aromatic carboxylic acids is 1. The smallest absolute Gasteiger partial charge is 0.339 e. The molecule has 5 heteroatoms. The van der Waals surface area contributed by atoms with Crippen LogP contribution in [0.25, 0.3) is 0 Å². The summed E-state index contributed by atoms with van der Waals surface area (Å²) in [5, 5.41) is 9.15. The fourth-order valence-corrected chi connectivity index (χ4v) is 1.88. The molecule has 0 aliphatic rings. The Morgan fingerprint density at radius 1 is 1.33 bits per heavy atom. The van der Waals surface area contributed by atoms with E-state index in [9.17, 15) is 4.79 Å². The summed E-state index contributed by atoms with van der Waals surface area (Å²) in [6, 6.07) is 3.20. The fourth-order valence-electron chi connectivity index (χ4n) is 1.88. The second-order valence-corrected chi connectivity index (χ2v) is 4.08. The number of nitrogens with two attached hydrogens (primary N) is 1. The number of benzene rings is 1. The minimum absolute atomic E-state index is 0.133. The molecule has 100 valence electrons. The van der Waals surface area contributed by atoms with Crippen molar-refractivity contribution in [2.24, 2.45) is 5.73 Å². The molecule has 0 saturated heterocycles. The van der Waals surface area contributed by atoms with Crippen LogP contribution >= 0.6 is 0 Å². The summed E-state index contributed by atoms with van der Waals surface area (Å²) in [6.07, 6.45) is 0.766. The summed E-state index contributed by atoms with van der Waals surface area (Å²) in [5.74, 6) is 0.0329. The number of ether oxygens (including phenoxy) is 2. The molecule has 3 N–H and O–H groups in total. The minimum Gasteiger partial charge on any atom is -0.496 e. The van der Waals surface area contributed by atoms with Crippen molar-refractivity contribution >= 4 is 5.97 Å². The Labute approximate surface area is 107 Å². The molecule has 0 heterocycles. The van der Waals surface area contributed by atoms with E-state index in [1.165, 1.54) is 7.11 Å². The maximum atomic E-state index is 11.2. The van der Waals surface area contributed by atoms with Crippen molar-refractivity contribution in [2.45, 2.75) is 19.3 Å². The van der Waals surface area contributed by atoms with E-state index in [1.54, 1.807) is 19.2 Å². The first kappa shape index (κ1) is 14.3. The number of hydrogen-bond acceptors (Lipinski definition) is 4. The number of carbonyl (C=O) groups is 1. The van der Waals surface area contributed by atoms with Crippen molar-refractivity contribution in [1.82, 2.24) is 0 Å². The molecule has 0 aromatic heterocycles. The number of hydrogen-bond donors (Lipinski definition) is 2. The highest BCUT2D eigenvalue weighted by atomic mass is 16.5. The third-order valence-electron chi connectivity index (χ3n) is 2.91. The molecule has 5 nitrogen and oxygen atoms in total. The quantitative estimate of drug-likeness (QED) is 0.808. The molecule has 0 fully saturated rings. The first-order valence-corrected chi connectivity index (χ1v) is 5.74. The Kier molecular flexibility index (Phi) is 4.97. The molecule has 1 atom stereocenters. The zero-order valence-corrected chi connectivity index (χ0v) is 10.9. The van der Waals surface area contributed by atoms with Gasteiger partial charge < -0.3 is 20.3 Å². The van der Waals surface area contributed by atoms with E-state index in [4.69, 9.17) is 20.3 Å². The van der Waals surface area contributed by atoms with E-state index in [0.717, 1.165) is 12.0 Å². The number of carboxylic acids is 1. The third kappa shape index (κ3) is 2.92. The highest BCUT2D eigenvalue weighted by Gasteiger charge is 2.19. The van der Waals surface area contributed by atoms with Gasteiger partial charge in [-0.3, -0.25) is 0 Å². The molecular weight excluding hydrogens is 234 g/mol. The molecule has 18 heavy (non-hydrogen) atoms. The molecule has 1 unspecified atom stereocenters. The Bertz CT molecular complexity index is 431. The fraction of sp³-hybridized carbons (Fsp3) is 0.462. The van der Waals surface area contributed by atoms with Gasteiger partial charge in [-0.2, -0.15) is 0 Å². The lowest BCUT2D eigenvalue weighted by molar-refractivity contribution is 0.0693. The molecule has 0 aliphatic carbocycles. The Morgan fingerprint density at radius 3 is 2.39 bits per heavy atom. The highest BCUT2D eigenvalue weighted by Crippen LogP contribution is 2.34. The Balaban J connectivity index is 3.31. The van der Waals surface area contributed by atoms with Crippen LogP contribution in [-0.2, 0) is 0 Å². The van der Waals surface area contributed by atoms with Crippen LogP contribution in [0.4, 0.5) is 0 Å². The normalized spacial score (nSPS) is 12.0. The molecule has 0 saturated carbocycles. The van der Waals surface area contributed by atoms with Gasteiger partial charge in [-0.05, 0) is 30.5 Å². The van der Waals surface area contributed by atoms with Gasteiger partial charge >= 0.3 is 5.97 Å². The molecule has 1 rings (SSSR count). The molecule has 0 spiro atoms. The van der Waals surface area contributed by atoms with Crippen LogP contribution in [0.2, 0.25) is 0 Å².